The minimum Gasteiger partial charge on any atom is -0.326 e. The van der Waals surface area contributed by atoms with Gasteiger partial charge in [-0.1, -0.05) is 6.42 Å². The average molecular weight is 405 g/mol. The quantitative estimate of drug-likeness (QED) is 0.622. The predicted molar refractivity (Wildman–Crippen MR) is 112 cm³/mol. The molecule has 1 aromatic rings. The van der Waals surface area contributed by atoms with Gasteiger partial charge < -0.3 is 20.9 Å². The number of nitrogens with zero attached hydrogens (tertiary/aromatic N) is 1. The molecule has 0 aromatic heterocycles. The Morgan fingerprint density at radius 2 is 1.38 bits per heavy atom. The summed E-state index contributed by atoms with van der Waals surface area (Å²) in [6.45, 7) is 3.69. The lowest BCUT2D eigenvalue weighted by atomic mass is 10.1. The lowest BCUT2D eigenvalue weighted by Crippen LogP contribution is -2.32. The Morgan fingerprint density at radius 3 is 1.88 bits per heavy atom. The van der Waals surface area contributed by atoms with E-state index in [4.69, 9.17) is 0 Å². The van der Waals surface area contributed by atoms with Crippen molar-refractivity contribution in [3.8, 4) is 0 Å². The van der Waals surface area contributed by atoms with Crippen LogP contribution in [0, 0.1) is 0 Å². The van der Waals surface area contributed by atoms with Crippen LogP contribution < -0.4 is 16.0 Å². The maximum Gasteiger partial charge on any atom is 0.225 e. The first-order valence-corrected chi connectivity index (χ1v) is 8.74. The summed E-state index contributed by atoms with van der Waals surface area (Å²) in [7, 11) is 1.82. The Bertz CT molecular complexity index is 534. The number of rotatable bonds is 8. The monoisotopic (exact) mass is 404 g/mol. The van der Waals surface area contributed by atoms with Crippen molar-refractivity contribution in [3.05, 3.63) is 24.3 Å². The molecule has 1 aromatic carbocycles. The number of carbonyl (C=O) groups excluding carboxylic acids is 2. The maximum absolute atomic E-state index is 12.0. The van der Waals surface area contributed by atoms with Crippen LogP contribution in [0.4, 0.5) is 11.4 Å². The van der Waals surface area contributed by atoms with Crippen LogP contribution >= 0.6 is 24.8 Å². The summed E-state index contributed by atoms with van der Waals surface area (Å²) in [4.78, 5) is 26.0. The molecule has 1 aliphatic rings. The highest BCUT2D eigenvalue weighted by atomic mass is 35.5. The molecule has 26 heavy (non-hydrogen) atoms. The molecule has 0 radical (unpaired) electrons. The largest absolute Gasteiger partial charge is 0.326 e. The van der Waals surface area contributed by atoms with Gasteiger partial charge in [-0.2, -0.15) is 0 Å². The second kappa shape index (κ2) is 13.8. The first kappa shape index (κ1) is 24.7. The number of hydrogen-bond acceptors (Lipinski definition) is 4. The lowest BCUT2D eigenvalue weighted by molar-refractivity contribution is -0.117. The third kappa shape index (κ3) is 9.38. The number of carbonyl (C=O) groups is 2. The Kier molecular flexibility index (Phi) is 13.1. The first-order valence-electron chi connectivity index (χ1n) is 8.74. The molecule has 1 fully saturated rings. The normalized spacial score (nSPS) is 13.9. The topological polar surface area (TPSA) is 73.5 Å². The summed E-state index contributed by atoms with van der Waals surface area (Å²) in [5.41, 5.74) is 1.49. The maximum atomic E-state index is 12.0. The van der Waals surface area contributed by atoms with Crippen molar-refractivity contribution in [1.82, 2.24) is 10.2 Å². The molecule has 1 saturated heterocycles. The van der Waals surface area contributed by atoms with Gasteiger partial charge in [0.05, 0.1) is 0 Å². The van der Waals surface area contributed by atoms with Crippen LogP contribution in [-0.4, -0.2) is 49.9 Å². The number of piperidine rings is 1. The van der Waals surface area contributed by atoms with E-state index in [0.717, 1.165) is 31.0 Å². The van der Waals surface area contributed by atoms with E-state index in [1.165, 1.54) is 19.3 Å². The van der Waals surface area contributed by atoms with E-state index in [0.29, 0.717) is 19.4 Å². The Hall–Kier alpha value is -1.34. The van der Waals surface area contributed by atoms with E-state index in [2.05, 4.69) is 20.9 Å². The molecule has 148 valence electrons. The van der Waals surface area contributed by atoms with Gasteiger partial charge >= 0.3 is 0 Å². The highest BCUT2D eigenvalue weighted by Gasteiger charge is 2.11. The van der Waals surface area contributed by atoms with Crippen molar-refractivity contribution in [2.75, 3.05) is 43.9 Å². The molecule has 6 nitrogen and oxygen atoms in total. The van der Waals surface area contributed by atoms with Crippen LogP contribution in [0.3, 0.4) is 0 Å². The smallest absolute Gasteiger partial charge is 0.225 e. The number of amides is 2. The minimum atomic E-state index is -0.0253. The van der Waals surface area contributed by atoms with E-state index in [9.17, 15) is 9.59 Å². The van der Waals surface area contributed by atoms with Gasteiger partial charge in [0.25, 0.3) is 0 Å². The Labute approximate surface area is 168 Å². The molecule has 0 bridgehead atoms. The fourth-order valence-electron chi connectivity index (χ4n) is 2.77. The molecule has 2 amide bonds. The summed E-state index contributed by atoms with van der Waals surface area (Å²) < 4.78 is 0. The minimum absolute atomic E-state index is 0. The fraction of sp³-hybridized carbons (Fsp3) is 0.556. The molecule has 0 atom stereocenters. The summed E-state index contributed by atoms with van der Waals surface area (Å²) in [6.07, 6.45) is 4.74. The summed E-state index contributed by atoms with van der Waals surface area (Å²) in [5, 5.41) is 8.67. The second-order valence-electron chi connectivity index (χ2n) is 6.18. The molecule has 1 aliphatic heterocycles. The number of nitrogens with one attached hydrogen (secondary N) is 3. The standard InChI is InChI=1S/C18H28N4O2.2ClH/c1-19-11-9-17(23)20-15-5-7-16(8-6-15)21-18(24)10-14-22-12-3-2-4-13-22;;/h5-8,19H,2-4,9-14H2,1H3,(H,20,23)(H,21,24);2*1H. The number of anilines is 2. The molecular weight excluding hydrogens is 375 g/mol. The van der Waals surface area contributed by atoms with E-state index in [-0.39, 0.29) is 36.6 Å². The van der Waals surface area contributed by atoms with Gasteiger partial charge in [-0.25, -0.2) is 0 Å². The van der Waals surface area contributed by atoms with E-state index < -0.39 is 0 Å². The van der Waals surface area contributed by atoms with E-state index in [1.807, 2.05) is 19.2 Å². The molecule has 2 rings (SSSR count). The van der Waals surface area contributed by atoms with Crippen LogP contribution in [0.15, 0.2) is 24.3 Å². The Balaban J connectivity index is 0.00000312. The van der Waals surface area contributed by atoms with Crippen LogP contribution in [0.5, 0.6) is 0 Å². The summed E-state index contributed by atoms with van der Waals surface area (Å²) >= 11 is 0. The fourth-order valence-corrected chi connectivity index (χ4v) is 2.77. The van der Waals surface area contributed by atoms with E-state index >= 15 is 0 Å². The van der Waals surface area contributed by atoms with Gasteiger partial charge in [-0.05, 0) is 57.2 Å². The van der Waals surface area contributed by atoms with Crippen LogP contribution in [-0.2, 0) is 9.59 Å². The molecule has 0 saturated carbocycles. The SMILES string of the molecule is CNCCC(=O)Nc1ccc(NC(=O)CCN2CCCCC2)cc1.Cl.Cl. The molecule has 0 unspecified atom stereocenters. The van der Waals surface area contributed by atoms with Gasteiger partial charge in [0.2, 0.25) is 11.8 Å². The van der Waals surface area contributed by atoms with Crippen LogP contribution in [0.25, 0.3) is 0 Å². The van der Waals surface area contributed by atoms with Crippen LogP contribution in [0.2, 0.25) is 0 Å². The highest BCUT2D eigenvalue weighted by Crippen LogP contribution is 2.14. The van der Waals surface area contributed by atoms with Gasteiger partial charge in [0.15, 0.2) is 0 Å². The summed E-state index contributed by atoms with van der Waals surface area (Å²) in [6, 6.07) is 7.23. The van der Waals surface area contributed by atoms with Gasteiger partial charge in [0.1, 0.15) is 0 Å². The van der Waals surface area contributed by atoms with Gasteiger partial charge in [-0.3, -0.25) is 9.59 Å². The molecular formula is C18H30Cl2N4O2. The molecule has 0 spiro atoms. The first-order chi connectivity index (χ1) is 11.7. The third-order valence-electron chi connectivity index (χ3n) is 4.16. The number of halogens is 2. The van der Waals surface area contributed by atoms with Crippen molar-refractivity contribution < 1.29 is 9.59 Å². The Morgan fingerprint density at radius 1 is 0.885 bits per heavy atom. The second-order valence-corrected chi connectivity index (χ2v) is 6.18. The number of likely N-dealkylation sites (tertiary alicyclic amines) is 1. The van der Waals surface area contributed by atoms with Crippen molar-refractivity contribution in [1.29, 1.82) is 0 Å². The van der Waals surface area contributed by atoms with Crippen molar-refractivity contribution >= 4 is 48.0 Å². The van der Waals surface area contributed by atoms with Crippen LogP contribution in [0.1, 0.15) is 32.1 Å². The molecule has 3 N–H and O–H groups in total. The molecule has 0 aliphatic carbocycles. The highest BCUT2D eigenvalue weighted by molar-refractivity contribution is 5.93. The zero-order valence-electron chi connectivity index (χ0n) is 15.3. The molecule has 8 heteroatoms. The van der Waals surface area contributed by atoms with Crippen molar-refractivity contribution in [2.45, 2.75) is 32.1 Å². The van der Waals surface area contributed by atoms with Crippen molar-refractivity contribution in [2.24, 2.45) is 0 Å². The summed E-state index contributed by atoms with van der Waals surface area (Å²) in [5.74, 6) is 0.00838. The van der Waals surface area contributed by atoms with Gasteiger partial charge in [-0.15, -0.1) is 24.8 Å². The predicted octanol–water partition coefficient (Wildman–Crippen LogP) is 2.89. The van der Waals surface area contributed by atoms with E-state index in [1.54, 1.807) is 12.1 Å². The number of hydrogen-bond donors (Lipinski definition) is 3. The zero-order valence-corrected chi connectivity index (χ0v) is 16.9. The number of benzene rings is 1. The third-order valence-corrected chi connectivity index (χ3v) is 4.16. The lowest BCUT2D eigenvalue weighted by Gasteiger charge is -2.25. The van der Waals surface area contributed by atoms with Gasteiger partial charge in [0, 0.05) is 37.3 Å². The van der Waals surface area contributed by atoms with Crippen molar-refractivity contribution in [3.63, 3.8) is 0 Å². The zero-order chi connectivity index (χ0) is 17.2. The average Bonchev–Trinajstić information content (AvgIpc) is 2.61. The molecule has 1 heterocycles.